The quantitative estimate of drug-likeness (QED) is 0.723. The fourth-order valence-electron chi connectivity index (χ4n) is 2.63. The predicted molar refractivity (Wildman–Crippen MR) is 92.9 cm³/mol. The van der Waals surface area contributed by atoms with Gasteiger partial charge in [0.25, 0.3) is 0 Å². The van der Waals surface area contributed by atoms with Crippen molar-refractivity contribution in [3.8, 4) is 5.69 Å². The molecule has 2 aromatic heterocycles. The largest absolute Gasteiger partial charge is 0.368 e. The minimum Gasteiger partial charge on any atom is -0.368 e. The van der Waals surface area contributed by atoms with Crippen molar-refractivity contribution in [2.75, 3.05) is 31.5 Å². The van der Waals surface area contributed by atoms with Crippen LogP contribution >= 0.6 is 0 Å². The summed E-state index contributed by atoms with van der Waals surface area (Å²) in [7, 11) is 0. The molecule has 0 saturated carbocycles. The van der Waals surface area contributed by atoms with Crippen LogP contribution in [0.2, 0.25) is 0 Å². The number of nitrogens with zero attached hydrogens (tertiary/aromatic N) is 5. The summed E-state index contributed by atoms with van der Waals surface area (Å²) in [6.07, 6.45) is 3.25. The van der Waals surface area contributed by atoms with E-state index < -0.39 is 0 Å². The molecule has 0 bridgehead atoms. The zero-order chi connectivity index (χ0) is 16.9. The van der Waals surface area contributed by atoms with Gasteiger partial charge in [0.15, 0.2) is 5.65 Å². The molecule has 0 fully saturated rings. The molecule has 3 aromatic rings. The number of fused-ring (bicyclic) bond motifs is 1. The van der Waals surface area contributed by atoms with E-state index in [0.29, 0.717) is 5.65 Å². The van der Waals surface area contributed by atoms with Gasteiger partial charge in [-0.1, -0.05) is 13.8 Å². The summed E-state index contributed by atoms with van der Waals surface area (Å²) in [6.45, 7) is 8.11. The van der Waals surface area contributed by atoms with Gasteiger partial charge >= 0.3 is 0 Å². The minimum absolute atomic E-state index is 0.274. The van der Waals surface area contributed by atoms with Crippen LogP contribution in [0.3, 0.4) is 0 Å². The molecule has 1 aromatic carbocycles. The number of benzene rings is 1. The van der Waals surface area contributed by atoms with Crippen LogP contribution in [0.25, 0.3) is 16.7 Å². The van der Waals surface area contributed by atoms with Crippen LogP contribution in [-0.2, 0) is 0 Å². The van der Waals surface area contributed by atoms with Gasteiger partial charge in [-0.05, 0) is 37.4 Å². The molecule has 7 heteroatoms. The summed E-state index contributed by atoms with van der Waals surface area (Å²) in [5.41, 5.74) is 1.46. The molecule has 0 atom stereocenters. The van der Waals surface area contributed by atoms with Crippen LogP contribution in [0.15, 0.2) is 36.8 Å². The lowest BCUT2D eigenvalue weighted by Gasteiger charge is -2.18. The Morgan fingerprint density at radius 3 is 2.58 bits per heavy atom. The van der Waals surface area contributed by atoms with E-state index in [4.69, 9.17) is 0 Å². The molecule has 0 aliphatic rings. The molecule has 2 heterocycles. The molecule has 0 radical (unpaired) electrons. The molecular formula is C17H21FN6. The van der Waals surface area contributed by atoms with E-state index in [1.54, 1.807) is 23.0 Å². The molecule has 1 N–H and O–H groups in total. The molecule has 0 aliphatic heterocycles. The number of halogens is 1. The Morgan fingerprint density at radius 1 is 1.12 bits per heavy atom. The van der Waals surface area contributed by atoms with Gasteiger partial charge in [0.1, 0.15) is 18.0 Å². The van der Waals surface area contributed by atoms with Crippen molar-refractivity contribution in [3.63, 3.8) is 0 Å². The van der Waals surface area contributed by atoms with E-state index in [9.17, 15) is 4.39 Å². The van der Waals surface area contributed by atoms with Gasteiger partial charge in [-0.15, -0.1) is 0 Å². The van der Waals surface area contributed by atoms with Crippen molar-refractivity contribution < 1.29 is 4.39 Å². The molecule has 0 aliphatic carbocycles. The average molecular weight is 328 g/mol. The van der Waals surface area contributed by atoms with Crippen LogP contribution < -0.4 is 5.32 Å². The summed E-state index contributed by atoms with van der Waals surface area (Å²) >= 11 is 0. The Kier molecular flexibility index (Phi) is 5.00. The van der Waals surface area contributed by atoms with Crippen LogP contribution in [0.1, 0.15) is 13.8 Å². The summed E-state index contributed by atoms with van der Waals surface area (Å²) in [5, 5.41) is 8.58. The lowest BCUT2D eigenvalue weighted by molar-refractivity contribution is 0.316. The number of hydrogen-bond donors (Lipinski definition) is 1. The molecule has 0 amide bonds. The number of hydrogen-bond acceptors (Lipinski definition) is 5. The number of aromatic nitrogens is 4. The summed E-state index contributed by atoms with van der Waals surface area (Å²) in [6, 6.07) is 6.18. The second-order valence-corrected chi connectivity index (χ2v) is 5.45. The minimum atomic E-state index is -0.274. The number of anilines is 1. The molecule has 126 valence electrons. The Labute approximate surface area is 140 Å². The van der Waals surface area contributed by atoms with Crippen LogP contribution in [-0.4, -0.2) is 50.8 Å². The summed E-state index contributed by atoms with van der Waals surface area (Å²) in [4.78, 5) is 11.0. The summed E-state index contributed by atoms with van der Waals surface area (Å²) in [5.74, 6) is 0.490. The number of rotatable bonds is 7. The molecular weight excluding hydrogens is 307 g/mol. The van der Waals surface area contributed by atoms with E-state index >= 15 is 0 Å². The van der Waals surface area contributed by atoms with E-state index in [0.717, 1.165) is 43.1 Å². The maximum atomic E-state index is 13.1. The third kappa shape index (κ3) is 3.35. The Morgan fingerprint density at radius 2 is 1.88 bits per heavy atom. The predicted octanol–water partition coefficient (Wildman–Crippen LogP) is 2.71. The highest BCUT2D eigenvalue weighted by Crippen LogP contribution is 2.21. The molecule has 0 unspecified atom stereocenters. The highest BCUT2D eigenvalue weighted by molar-refractivity contribution is 5.87. The molecule has 3 rings (SSSR count). The van der Waals surface area contributed by atoms with Gasteiger partial charge < -0.3 is 10.2 Å². The van der Waals surface area contributed by atoms with Crippen molar-refractivity contribution in [2.45, 2.75) is 13.8 Å². The monoisotopic (exact) mass is 328 g/mol. The van der Waals surface area contributed by atoms with Crippen molar-refractivity contribution >= 4 is 16.9 Å². The maximum absolute atomic E-state index is 13.1. The first kappa shape index (κ1) is 16.3. The lowest BCUT2D eigenvalue weighted by atomic mass is 10.3. The van der Waals surface area contributed by atoms with E-state index in [1.807, 2.05) is 0 Å². The van der Waals surface area contributed by atoms with Gasteiger partial charge in [0.2, 0.25) is 0 Å². The van der Waals surface area contributed by atoms with Crippen LogP contribution in [0.5, 0.6) is 0 Å². The zero-order valence-electron chi connectivity index (χ0n) is 13.9. The molecule has 0 saturated heterocycles. The molecule has 24 heavy (non-hydrogen) atoms. The summed E-state index contributed by atoms with van der Waals surface area (Å²) < 4.78 is 14.8. The highest BCUT2D eigenvalue weighted by atomic mass is 19.1. The Hall–Kier alpha value is -2.54. The smallest absolute Gasteiger partial charge is 0.168 e. The maximum Gasteiger partial charge on any atom is 0.168 e. The van der Waals surface area contributed by atoms with Gasteiger partial charge in [0, 0.05) is 13.1 Å². The Bertz CT molecular complexity index is 794. The SMILES string of the molecule is CCN(CC)CCNc1ncnc2c1cnn2-c1ccc(F)cc1. The van der Waals surface area contributed by atoms with Crippen molar-refractivity contribution in [1.29, 1.82) is 0 Å². The van der Waals surface area contributed by atoms with Gasteiger partial charge in [-0.25, -0.2) is 19.0 Å². The van der Waals surface area contributed by atoms with Gasteiger partial charge in [0.05, 0.1) is 17.3 Å². The fraction of sp³-hybridized carbons (Fsp3) is 0.353. The van der Waals surface area contributed by atoms with E-state index in [-0.39, 0.29) is 5.82 Å². The number of nitrogens with one attached hydrogen (secondary N) is 1. The Balaban J connectivity index is 1.82. The normalized spacial score (nSPS) is 11.3. The lowest BCUT2D eigenvalue weighted by Crippen LogP contribution is -2.28. The molecule has 6 nitrogen and oxygen atoms in total. The second kappa shape index (κ2) is 7.35. The molecule has 0 spiro atoms. The fourth-order valence-corrected chi connectivity index (χ4v) is 2.63. The van der Waals surface area contributed by atoms with Crippen molar-refractivity contribution in [1.82, 2.24) is 24.6 Å². The van der Waals surface area contributed by atoms with Crippen molar-refractivity contribution in [2.24, 2.45) is 0 Å². The second-order valence-electron chi connectivity index (χ2n) is 5.45. The average Bonchev–Trinajstić information content (AvgIpc) is 3.04. The van der Waals surface area contributed by atoms with Gasteiger partial charge in [-0.2, -0.15) is 5.10 Å². The standard InChI is InChI=1S/C17H21FN6/c1-3-23(4-2)10-9-19-16-15-11-22-24(17(15)21-12-20-16)14-7-5-13(18)6-8-14/h5-8,11-12H,3-4,9-10H2,1-2H3,(H,19,20,21). The van der Waals surface area contributed by atoms with E-state index in [1.165, 1.54) is 18.5 Å². The zero-order valence-corrected chi connectivity index (χ0v) is 13.9. The van der Waals surface area contributed by atoms with E-state index in [2.05, 4.69) is 39.1 Å². The van der Waals surface area contributed by atoms with Crippen LogP contribution in [0.4, 0.5) is 10.2 Å². The topological polar surface area (TPSA) is 58.9 Å². The highest BCUT2D eigenvalue weighted by Gasteiger charge is 2.11. The first-order chi connectivity index (χ1) is 11.7. The van der Waals surface area contributed by atoms with Crippen molar-refractivity contribution in [3.05, 3.63) is 42.6 Å². The third-order valence-corrected chi connectivity index (χ3v) is 4.05. The van der Waals surface area contributed by atoms with Gasteiger partial charge in [-0.3, -0.25) is 0 Å². The third-order valence-electron chi connectivity index (χ3n) is 4.05. The van der Waals surface area contributed by atoms with Crippen LogP contribution in [0, 0.1) is 5.82 Å². The number of likely N-dealkylation sites (N-methyl/N-ethyl adjacent to an activating group) is 1. The first-order valence-electron chi connectivity index (χ1n) is 8.13. The first-order valence-corrected chi connectivity index (χ1v) is 8.13.